The van der Waals surface area contributed by atoms with Gasteiger partial charge in [0, 0.05) is 23.8 Å². The van der Waals surface area contributed by atoms with Crippen LogP contribution >= 0.6 is 11.6 Å². The lowest BCUT2D eigenvalue weighted by Gasteiger charge is -2.09. The van der Waals surface area contributed by atoms with Crippen molar-refractivity contribution in [2.75, 3.05) is 0 Å². The SMILES string of the molecule is Cc1nn(-c2c(F)cccc2Cl)c(C)c1CNC1CC1. The number of para-hydroxylation sites is 1. The van der Waals surface area contributed by atoms with E-state index in [4.69, 9.17) is 11.6 Å². The lowest BCUT2D eigenvalue weighted by atomic mass is 10.2. The smallest absolute Gasteiger partial charge is 0.150 e. The zero-order valence-electron chi connectivity index (χ0n) is 11.6. The first kappa shape index (κ1) is 13.6. The summed E-state index contributed by atoms with van der Waals surface area (Å²) in [7, 11) is 0. The fourth-order valence-corrected chi connectivity index (χ4v) is 2.62. The van der Waals surface area contributed by atoms with E-state index in [9.17, 15) is 4.39 Å². The number of halogens is 2. The van der Waals surface area contributed by atoms with Crippen molar-refractivity contribution in [3.63, 3.8) is 0 Å². The topological polar surface area (TPSA) is 29.9 Å². The lowest BCUT2D eigenvalue weighted by molar-refractivity contribution is 0.607. The number of aromatic nitrogens is 2. The summed E-state index contributed by atoms with van der Waals surface area (Å²) in [6.45, 7) is 4.67. The molecule has 0 radical (unpaired) electrons. The van der Waals surface area contributed by atoms with Crippen molar-refractivity contribution in [3.8, 4) is 5.69 Å². The van der Waals surface area contributed by atoms with Gasteiger partial charge in [0.2, 0.25) is 0 Å². The summed E-state index contributed by atoms with van der Waals surface area (Å²) in [5.74, 6) is -0.357. The highest BCUT2D eigenvalue weighted by Gasteiger charge is 2.22. The molecular formula is C15H17ClFN3. The van der Waals surface area contributed by atoms with Crippen LogP contribution in [0, 0.1) is 19.7 Å². The van der Waals surface area contributed by atoms with Gasteiger partial charge in [-0.25, -0.2) is 9.07 Å². The van der Waals surface area contributed by atoms with Crippen molar-refractivity contribution >= 4 is 11.6 Å². The van der Waals surface area contributed by atoms with Crippen molar-refractivity contribution in [1.29, 1.82) is 0 Å². The van der Waals surface area contributed by atoms with Crippen molar-refractivity contribution in [1.82, 2.24) is 15.1 Å². The predicted molar refractivity (Wildman–Crippen MR) is 77.9 cm³/mol. The highest BCUT2D eigenvalue weighted by Crippen LogP contribution is 2.27. The molecule has 0 spiro atoms. The number of nitrogens with one attached hydrogen (secondary N) is 1. The Kier molecular flexibility index (Phi) is 3.52. The fourth-order valence-electron chi connectivity index (χ4n) is 2.37. The van der Waals surface area contributed by atoms with E-state index in [-0.39, 0.29) is 5.82 Å². The minimum atomic E-state index is -0.357. The molecule has 1 N–H and O–H groups in total. The standard InChI is InChI=1S/C15H17ClFN3/c1-9-12(8-18-11-6-7-11)10(2)20(19-9)15-13(16)4-3-5-14(15)17/h3-5,11,18H,6-8H2,1-2H3. The molecule has 0 bridgehead atoms. The summed E-state index contributed by atoms with van der Waals surface area (Å²) in [6, 6.07) is 5.31. The Balaban J connectivity index is 1.99. The molecule has 3 nitrogen and oxygen atoms in total. The van der Waals surface area contributed by atoms with Crippen LogP contribution in [0.4, 0.5) is 4.39 Å². The molecular weight excluding hydrogens is 277 g/mol. The Hall–Kier alpha value is -1.39. The molecule has 0 saturated heterocycles. The van der Waals surface area contributed by atoms with E-state index in [0.717, 1.165) is 23.5 Å². The first-order chi connectivity index (χ1) is 9.58. The van der Waals surface area contributed by atoms with Crippen molar-refractivity contribution in [2.24, 2.45) is 0 Å². The van der Waals surface area contributed by atoms with Gasteiger partial charge in [0.1, 0.15) is 11.5 Å². The molecule has 1 fully saturated rings. The summed E-state index contributed by atoms with van der Waals surface area (Å²) in [5.41, 5.74) is 3.29. The Morgan fingerprint density at radius 3 is 2.80 bits per heavy atom. The van der Waals surface area contributed by atoms with E-state index in [0.29, 0.717) is 16.8 Å². The average molecular weight is 294 g/mol. The number of hydrogen-bond donors (Lipinski definition) is 1. The first-order valence-corrected chi connectivity index (χ1v) is 7.18. The molecule has 1 aromatic carbocycles. The van der Waals surface area contributed by atoms with Gasteiger partial charge >= 0.3 is 0 Å². The minimum absolute atomic E-state index is 0.326. The van der Waals surface area contributed by atoms with E-state index in [1.54, 1.807) is 16.8 Å². The Labute approximate surface area is 122 Å². The number of rotatable bonds is 4. The zero-order chi connectivity index (χ0) is 14.3. The normalized spacial score (nSPS) is 14.8. The zero-order valence-corrected chi connectivity index (χ0v) is 12.3. The second-order valence-electron chi connectivity index (χ2n) is 5.29. The van der Waals surface area contributed by atoms with Crippen LogP contribution in [0.3, 0.4) is 0 Å². The van der Waals surface area contributed by atoms with Crippen molar-refractivity contribution in [2.45, 2.75) is 39.3 Å². The molecule has 106 valence electrons. The number of aryl methyl sites for hydroxylation is 1. The van der Waals surface area contributed by atoms with Gasteiger partial charge < -0.3 is 5.32 Å². The van der Waals surface area contributed by atoms with E-state index >= 15 is 0 Å². The van der Waals surface area contributed by atoms with E-state index in [1.165, 1.54) is 18.9 Å². The number of hydrogen-bond acceptors (Lipinski definition) is 2. The molecule has 5 heteroatoms. The third kappa shape index (κ3) is 2.45. The van der Waals surface area contributed by atoms with Crippen LogP contribution < -0.4 is 5.32 Å². The van der Waals surface area contributed by atoms with Gasteiger partial charge in [-0.05, 0) is 38.8 Å². The van der Waals surface area contributed by atoms with E-state index < -0.39 is 0 Å². The molecule has 0 amide bonds. The van der Waals surface area contributed by atoms with Crippen LogP contribution in [0.2, 0.25) is 5.02 Å². The maximum absolute atomic E-state index is 14.0. The first-order valence-electron chi connectivity index (χ1n) is 6.81. The third-order valence-electron chi connectivity index (χ3n) is 3.74. The van der Waals surface area contributed by atoms with Crippen molar-refractivity contribution in [3.05, 3.63) is 46.0 Å². The van der Waals surface area contributed by atoms with Crippen LogP contribution in [0.15, 0.2) is 18.2 Å². The number of benzene rings is 1. The summed E-state index contributed by atoms with van der Waals surface area (Å²) in [4.78, 5) is 0. The summed E-state index contributed by atoms with van der Waals surface area (Å²) >= 11 is 6.12. The number of nitrogens with zero attached hydrogens (tertiary/aromatic N) is 2. The van der Waals surface area contributed by atoms with Gasteiger partial charge in [0.05, 0.1) is 10.7 Å². The molecule has 3 rings (SSSR count). The molecule has 0 aliphatic heterocycles. The Bertz CT molecular complexity index is 627. The average Bonchev–Trinajstić information content (AvgIpc) is 3.17. The molecule has 2 aromatic rings. The van der Waals surface area contributed by atoms with Gasteiger partial charge in [0.25, 0.3) is 0 Å². The molecule has 0 atom stereocenters. The largest absolute Gasteiger partial charge is 0.310 e. The second kappa shape index (κ2) is 5.19. The van der Waals surface area contributed by atoms with E-state index in [1.807, 2.05) is 13.8 Å². The van der Waals surface area contributed by atoms with Crippen LogP contribution in [0.5, 0.6) is 0 Å². The maximum Gasteiger partial charge on any atom is 0.150 e. The van der Waals surface area contributed by atoms with Gasteiger partial charge in [-0.2, -0.15) is 5.10 Å². The van der Waals surface area contributed by atoms with Gasteiger partial charge in [0.15, 0.2) is 0 Å². The highest BCUT2D eigenvalue weighted by atomic mass is 35.5. The Morgan fingerprint density at radius 2 is 2.15 bits per heavy atom. The van der Waals surface area contributed by atoms with Crippen LogP contribution in [-0.4, -0.2) is 15.8 Å². The quantitative estimate of drug-likeness (QED) is 0.934. The summed E-state index contributed by atoms with van der Waals surface area (Å²) in [5, 5.41) is 8.29. The summed E-state index contributed by atoms with van der Waals surface area (Å²) < 4.78 is 15.6. The second-order valence-corrected chi connectivity index (χ2v) is 5.69. The fraction of sp³-hybridized carbons (Fsp3) is 0.400. The summed E-state index contributed by atoms with van der Waals surface area (Å²) in [6.07, 6.45) is 2.48. The molecule has 20 heavy (non-hydrogen) atoms. The molecule has 1 heterocycles. The van der Waals surface area contributed by atoms with Crippen LogP contribution in [0.1, 0.15) is 29.8 Å². The Morgan fingerprint density at radius 1 is 1.40 bits per heavy atom. The van der Waals surface area contributed by atoms with Gasteiger partial charge in [-0.15, -0.1) is 0 Å². The van der Waals surface area contributed by atoms with Crippen molar-refractivity contribution < 1.29 is 4.39 Å². The molecule has 1 aliphatic carbocycles. The van der Waals surface area contributed by atoms with Gasteiger partial charge in [-0.1, -0.05) is 17.7 Å². The predicted octanol–water partition coefficient (Wildman–Crippen LogP) is 3.53. The van der Waals surface area contributed by atoms with Gasteiger partial charge in [-0.3, -0.25) is 0 Å². The monoisotopic (exact) mass is 293 g/mol. The lowest BCUT2D eigenvalue weighted by Crippen LogP contribution is -2.16. The molecule has 1 aliphatic rings. The van der Waals surface area contributed by atoms with E-state index in [2.05, 4.69) is 10.4 Å². The molecule has 1 aromatic heterocycles. The highest BCUT2D eigenvalue weighted by molar-refractivity contribution is 6.32. The van der Waals surface area contributed by atoms with Crippen LogP contribution in [0.25, 0.3) is 5.69 Å². The minimum Gasteiger partial charge on any atom is -0.310 e. The molecule has 0 unspecified atom stereocenters. The third-order valence-corrected chi connectivity index (χ3v) is 4.04. The molecule has 1 saturated carbocycles. The van der Waals surface area contributed by atoms with Crippen LogP contribution in [-0.2, 0) is 6.54 Å². The maximum atomic E-state index is 14.0.